The van der Waals surface area contributed by atoms with Gasteiger partial charge in [-0.05, 0) is 12.1 Å². The fraction of sp³-hybridized carbons (Fsp3) is 0.273. The minimum absolute atomic E-state index is 0.0265. The molecular formula is C11H12N2O2. The van der Waals surface area contributed by atoms with E-state index in [0.717, 1.165) is 0 Å². The van der Waals surface area contributed by atoms with Crippen LogP contribution in [-0.4, -0.2) is 37.4 Å². The molecule has 0 saturated carbocycles. The second kappa shape index (κ2) is 3.73. The Morgan fingerprint density at radius 3 is 2.87 bits per heavy atom. The number of hydrogen-bond acceptors (Lipinski definition) is 3. The Kier molecular flexibility index (Phi) is 2.41. The number of rotatable bonds is 0. The highest BCUT2D eigenvalue weighted by molar-refractivity contribution is 6.03. The lowest BCUT2D eigenvalue weighted by atomic mass is 10.1. The summed E-state index contributed by atoms with van der Waals surface area (Å²) in [5.41, 5.74) is 1.29. The van der Waals surface area contributed by atoms with Gasteiger partial charge < -0.3 is 9.64 Å². The third-order valence-electron chi connectivity index (χ3n) is 2.33. The molecule has 1 aliphatic rings. The van der Waals surface area contributed by atoms with Crippen LogP contribution in [0, 0.1) is 0 Å². The van der Waals surface area contributed by atoms with E-state index in [9.17, 15) is 4.79 Å². The molecule has 1 aromatic carbocycles. The number of para-hydroxylation sites is 1. The topological polar surface area (TPSA) is 41.9 Å². The van der Waals surface area contributed by atoms with Gasteiger partial charge in [-0.2, -0.15) is 0 Å². The number of nitrogens with zero attached hydrogens (tertiary/aromatic N) is 2. The number of benzene rings is 1. The van der Waals surface area contributed by atoms with Crippen molar-refractivity contribution in [1.29, 1.82) is 0 Å². The molecule has 1 aromatic rings. The molecule has 0 atom stereocenters. The third kappa shape index (κ3) is 1.70. The molecule has 1 aliphatic heterocycles. The van der Waals surface area contributed by atoms with Gasteiger partial charge in [0.2, 0.25) is 5.90 Å². The smallest absolute Gasteiger partial charge is 0.256 e. The first-order chi connectivity index (χ1) is 7.22. The summed E-state index contributed by atoms with van der Waals surface area (Å²) in [6.45, 7) is 0.407. The lowest BCUT2D eigenvalue weighted by Crippen LogP contribution is -2.31. The summed E-state index contributed by atoms with van der Waals surface area (Å²) in [6.07, 6.45) is 0. The Morgan fingerprint density at radius 2 is 2.13 bits per heavy atom. The highest BCUT2D eigenvalue weighted by atomic mass is 16.5. The summed E-state index contributed by atoms with van der Waals surface area (Å²) in [5.74, 6) is 0.525. The zero-order chi connectivity index (χ0) is 10.8. The van der Waals surface area contributed by atoms with Gasteiger partial charge in [0.15, 0.2) is 0 Å². The van der Waals surface area contributed by atoms with Crippen LogP contribution in [-0.2, 0) is 4.74 Å². The van der Waals surface area contributed by atoms with E-state index in [1.807, 2.05) is 18.2 Å². The SMILES string of the molecule is COC1=Nc2ccccc2C(=O)N(C)C1. The van der Waals surface area contributed by atoms with Crippen molar-refractivity contribution in [3.8, 4) is 0 Å². The average molecular weight is 204 g/mol. The van der Waals surface area contributed by atoms with Gasteiger partial charge in [-0.15, -0.1) is 0 Å². The van der Waals surface area contributed by atoms with Crippen molar-refractivity contribution >= 4 is 17.5 Å². The normalized spacial score (nSPS) is 15.5. The average Bonchev–Trinajstić information content (AvgIpc) is 2.38. The Hall–Kier alpha value is -1.84. The molecule has 0 unspecified atom stereocenters. The molecule has 0 radical (unpaired) electrons. The number of carbonyl (C=O) groups excluding carboxylic acids is 1. The first-order valence-electron chi connectivity index (χ1n) is 4.68. The Labute approximate surface area is 88.2 Å². The van der Waals surface area contributed by atoms with Crippen molar-refractivity contribution in [2.75, 3.05) is 20.7 Å². The molecule has 0 spiro atoms. The fourth-order valence-corrected chi connectivity index (χ4v) is 1.51. The first kappa shape index (κ1) is 9.71. The van der Waals surface area contributed by atoms with Crippen molar-refractivity contribution in [2.24, 2.45) is 4.99 Å². The van der Waals surface area contributed by atoms with Gasteiger partial charge in [0.1, 0.15) is 0 Å². The zero-order valence-electron chi connectivity index (χ0n) is 8.73. The lowest BCUT2D eigenvalue weighted by Gasteiger charge is -2.14. The van der Waals surface area contributed by atoms with E-state index >= 15 is 0 Å². The largest absolute Gasteiger partial charge is 0.483 e. The fourth-order valence-electron chi connectivity index (χ4n) is 1.51. The highest BCUT2D eigenvalue weighted by Gasteiger charge is 2.21. The van der Waals surface area contributed by atoms with Crippen LogP contribution in [0.15, 0.2) is 29.3 Å². The van der Waals surface area contributed by atoms with Gasteiger partial charge in [0.05, 0.1) is 24.9 Å². The summed E-state index contributed by atoms with van der Waals surface area (Å²) < 4.78 is 5.10. The molecular weight excluding hydrogens is 192 g/mol. The van der Waals surface area contributed by atoms with Crippen LogP contribution in [0.25, 0.3) is 0 Å². The molecule has 0 saturated heterocycles. The number of hydrogen-bond donors (Lipinski definition) is 0. The van der Waals surface area contributed by atoms with Crippen molar-refractivity contribution in [3.05, 3.63) is 29.8 Å². The molecule has 78 valence electrons. The lowest BCUT2D eigenvalue weighted by molar-refractivity contribution is 0.0812. The van der Waals surface area contributed by atoms with Crippen LogP contribution < -0.4 is 0 Å². The number of fused-ring (bicyclic) bond motifs is 1. The molecule has 0 fully saturated rings. The molecule has 15 heavy (non-hydrogen) atoms. The quantitative estimate of drug-likeness (QED) is 0.641. The number of aliphatic imine (C=N–C) groups is 1. The Balaban J connectivity index is 2.54. The summed E-state index contributed by atoms with van der Waals surface area (Å²) in [4.78, 5) is 17.8. The van der Waals surface area contributed by atoms with E-state index in [4.69, 9.17) is 4.74 Å². The highest BCUT2D eigenvalue weighted by Crippen LogP contribution is 2.22. The predicted molar refractivity (Wildman–Crippen MR) is 57.5 cm³/mol. The number of likely N-dealkylation sites (N-methyl/N-ethyl adjacent to an activating group) is 1. The summed E-state index contributed by atoms with van der Waals surface area (Å²) in [6, 6.07) is 7.27. The van der Waals surface area contributed by atoms with Crippen LogP contribution in [0.2, 0.25) is 0 Å². The van der Waals surface area contributed by atoms with Crippen LogP contribution in [0.3, 0.4) is 0 Å². The molecule has 1 heterocycles. The second-order valence-electron chi connectivity index (χ2n) is 3.39. The van der Waals surface area contributed by atoms with Crippen molar-refractivity contribution in [2.45, 2.75) is 0 Å². The van der Waals surface area contributed by atoms with E-state index in [0.29, 0.717) is 23.7 Å². The molecule has 0 bridgehead atoms. The van der Waals surface area contributed by atoms with Gasteiger partial charge >= 0.3 is 0 Å². The molecule has 1 amide bonds. The number of amides is 1. The van der Waals surface area contributed by atoms with Crippen molar-refractivity contribution in [1.82, 2.24) is 4.90 Å². The van der Waals surface area contributed by atoms with E-state index in [2.05, 4.69) is 4.99 Å². The van der Waals surface area contributed by atoms with Crippen LogP contribution in [0.4, 0.5) is 5.69 Å². The number of carbonyl (C=O) groups is 1. The van der Waals surface area contributed by atoms with E-state index in [-0.39, 0.29) is 5.91 Å². The van der Waals surface area contributed by atoms with Gasteiger partial charge in [-0.3, -0.25) is 4.79 Å². The molecule has 2 rings (SSSR count). The standard InChI is InChI=1S/C11H12N2O2/c1-13-7-10(15-2)12-9-6-4-3-5-8(9)11(13)14/h3-6H,7H2,1-2H3. The molecule has 0 aliphatic carbocycles. The predicted octanol–water partition coefficient (Wildman–Crippen LogP) is 1.45. The molecule has 4 heteroatoms. The second-order valence-corrected chi connectivity index (χ2v) is 3.39. The summed E-state index contributed by atoms with van der Waals surface area (Å²) in [5, 5.41) is 0. The van der Waals surface area contributed by atoms with Gasteiger partial charge in [0, 0.05) is 7.05 Å². The monoisotopic (exact) mass is 204 g/mol. The zero-order valence-corrected chi connectivity index (χ0v) is 8.73. The molecule has 0 N–H and O–H groups in total. The maximum atomic E-state index is 11.9. The van der Waals surface area contributed by atoms with E-state index < -0.39 is 0 Å². The van der Waals surface area contributed by atoms with Gasteiger partial charge in [-0.25, -0.2) is 4.99 Å². The van der Waals surface area contributed by atoms with Crippen LogP contribution >= 0.6 is 0 Å². The number of methoxy groups -OCH3 is 1. The van der Waals surface area contributed by atoms with Crippen molar-refractivity contribution in [3.63, 3.8) is 0 Å². The van der Waals surface area contributed by atoms with E-state index in [1.165, 1.54) is 0 Å². The molecule has 4 nitrogen and oxygen atoms in total. The minimum atomic E-state index is -0.0265. The maximum absolute atomic E-state index is 11.9. The minimum Gasteiger partial charge on any atom is -0.483 e. The summed E-state index contributed by atoms with van der Waals surface area (Å²) >= 11 is 0. The van der Waals surface area contributed by atoms with Crippen LogP contribution in [0.1, 0.15) is 10.4 Å². The van der Waals surface area contributed by atoms with Crippen molar-refractivity contribution < 1.29 is 9.53 Å². The Bertz CT molecular complexity index is 426. The number of ether oxygens (including phenoxy) is 1. The van der Waals surface area contributed by atoms with Gasteiger partial charge in [0.25, 0.3) is 5.91 Å². The third-order valence-corrected chi connectivity index (χ3v) is 2.33. The molecule has 0 aromatic heterocycles. The first-order valence-corrected chi connectivity index (χ1v) is 4.68. The van der Waals surface area contributed by atoms with Gasteiger partial charge in [-0.1, -0.05) is 12.1 Å². The maximum Gasteiger partial charge on any atom is 0.256 e. The van der Waals surface area contributed by atoms with E-state index in [1.54, 1.807) is 25.1 Å². The van der Waals surface area contributed by atoms with Crippen LogP contribution in [0.5, 0.6) is 0 Å². The summed E-state index contributed by atoms with van der Waals surface area (Å²) in [7, 11) is 3.30. The Morgan fingerprint density at radius 1 is 1.40 bits per heavy atom.